The second-order valence-corrected chi connectivity index (χ2v) is 6.06. The average molecular weight is 244 g/mol. The van der Waals surface area contributed by atoms with E-state index in [-0.39, 0.29) is 0 Å². The maximum absolute atomic E-state index is 3.72. The first-order chi connectivity index (χ1) is 7.69. The summed E-state index contributed by atoms with van der Waals surface area (Å²) in [6.45, 7) is 10.7. The van der Waals surface area contributed by atoms with Gasteiger partial charge in [-0.25, -0.2) is 0 Å². The standard InChI is InChI=1S/C13H28N2S/c1-5-11(2)13-10-15(8-9-16-4)12(3)6-7-14-13/h11-14H,5-10H2,1-4H3. The number of hydrogen-bond acceptors (Lipinski definition) is 3. The monoisotopic (exact) mass is 244 g/mol. The topological polar surface area (TPSA) is 15.3 Å². The van der Waals surface area contributed by atoms with Crippen molar-refractivity contribution in [1.82, 2.24) is 10.2 Å². The molecule has 0 aromatic carbocycles. The minimum Gasteiger partial charge on any atom is -0.312 e. The Labute approximate surface area is 106 Å². The highest BCUT2D eigenvalue weighted by atomic mass is 32.2. The summed E-state index contributed by atoms with van der Waals surface area (Å²) in [5.74, 6) is 2.06. The first-order valence-electron chi connectivity index (χ1n) is 6.65. The van der Waals surface area contributed by atoms with Gasteiger partial charge in [0, 0.05) is 30.9 Å². The van der Waals surface area contributed by atoms with Crippen LogP contribution in [-0.4, -0.2) is 48.6 Å². The molecule has 0 aromatic rings. The minimum atomic E-state index is 0.691. The molecule has 3 atom stereocenters. The molecule has 1 aliphatic heterocycles. The zero-order chi connectivity index (χ0) is 12.0. The van der Waals surface area contributed by atoms with Crippen LogP contribution >= 0.6 is 11.8 Å². The molecule has 0 bridgehead atoms. The molecule has 1 saturated heterocycles. The molecule has 1 rings (SSSR count). The van der Waals surface area contributed by atoms with E-state index in [0.29, 0.717) is 6.04 Å². The first-order valence-corrected chi connectivity index (χ1v) is 8.04. The Morgan fingerprint density at radius 2 is 2.25 bits per heavy atom. The zero-order valence-electron chi connectivity index (χ0n) is 11.3. The van der Waals surface area contributed by atoms with Crippen LogP contribution in [0.4, 0.5) is 0 Å². The lowest BCUT2D eigenvalue weighted by Crippen LogP contribution is -2.44. The van der Waals surface area contributed by atoms with Gasteiger partial charge in [0.25, 0.3) is 0 Å². The Kier molecular flexibility index (Phi) is 6.78. The Bertz CT molecular complexity index is 187. The summed E-state index contributed by atoms with van der Waals surface area (Å²) < 4.78 is 0. The van der Waals surface area contributed by atoms with Crippen molar-refractivity contribution in [2.24, 2.45) is 5.92 Å². The average Bonchev–Trinajstić information content (AvgIpc) is 2.48. The van der Waals surface area contributed by atoms with Crippen LogP contribution in [-0.2, 0) is 0 Å². The molecule has 0 radical (unpaired) electrons. The van der Waals surface area contributed by atoms with Crippen LogP contribution in [0.2, 0.25) is 0 Å². The highest BCUT2D eigenvalue weighted by Gasteiger charge is 2.24. The van der Waals surface area contributed by atoms with Crippen LogP contribution in [0, 0.1) is 5.92 Å². The van der Waals surface area contributed by atoms with Crippen molar-refractivity contribution < 1.29 is 0 Å². The van der Waals surface area contributed by atoms with Crippen molar-refractivity contribution in [3.8, 4) is 0 Å². The predicted molar refractivity (Wildman–Crippen MR) is 75.3 cm³/mol. The molecule has 16 heavy (non-hydrogen) atoms. The van der Waals surface area contributed by atoms with Crippen LogP contribution in [0.5, 0.6) is 0 Å². The van der Waals surface area contributed by atoms with Crippen LogP contribution in [0.1, 0.15) is 33.6 Å². The van der Waals surface area contributed by atoms with Crippen LogP contribution in [0.3, 0.4) is 0 Å². The van der Waals surface area contributed by atoms with E-state index in [1.807, 2.05) is 11.8 Å². The lowest BCUT2D eigenvalue weighted by Gasteiger charge is -2.31. The molecule has 0 aromatic heterocycles. The van der Waals surface area contributed by atoms with Crippen molar-refractivity contribution >= 4 is 11.8 Å². The third-order valence-electron chi connectivity index (χ3n) is 3.94. The molecule has 1 heterocycles. The van der Waals surface area contributed by atoms with Gasteiger partial charge < -0.3 is 5.32 Å². The second kappa shape index (κ2) is 7.57. The van der Waals surface area contributed by atoms with E-state index in [9.17, 15) is 0 Å². The van der Waals surface area contributed by atoms with Gasteiger partial charge in [0.15, 0.2) is 0 Å². The van der Waals surface area contributed by atoms with E-state index >= 15 is 0 Å². The SMILES string of the molecule is CCC(C)C1CN(CCSC)C(C)CCN1. The molecule has 96 valence electrons. The number of hydrogen-bond donors (Lipinski definition) is 1. The third kappa shape index (κ3) is 4.27. The van der Waals surface area contributed by atoms with Crippen molar-refractivity contribution in [2.45, 2.75) is 45.7 Å². The first kappa shape index (κ1) is 14.3. The van der Waals surface area contributed by atoms with E-state index < -0.39 is 0 Å². The van der Waals surface area contributed by atoms with E-state index in [4.69, 9.17) is 0 Å². The zero-order valence-corrected chi connectivity index (χ0v) is 12.1. The number of nitrogens with one attached hydrogen (secondary N) is 1. The van der Waals surface area contributed by atoms with Gasteiger partial charge in [0.1, 0.15) is 0 Å². The molecule has 1 fully saturated rings. The Morgan fingerprint density at radius 1 is 1.50 bits per heavy atom. The Balaban J connectivity index is 2.51. The van der Waals surface area contributed by atoms with Gasteiger partial charge in [0.05, 0.1) is 0 Å². The third-order valence-corrected chi connectivity index (χ3v) is 4.53. The Morgan fingerprint density at radius 3 is 2.88 bits per heavy atom. The van der Waals surface area contributed by atoms with E-state index in [1.165, 1.54) is 38.2 Å². The summed E-state index contributed by atoms with van der Waals surface area (Å²) in [7, 11) is 0. The van der Waals surface area contributed by atoms with Crippen LogP contribution in [0.15, 0.2) is 0 Å². The second-order valence-electron chi connectivity index (χ2n) is 5.07. The van der Waals surface area contributed by atoms with Gasteiger partial charge in [-0.2, -0.15) is 11.8 Å². The molecule has 3 unspecified atom stereocenters. The minimum absolute atomic E-state index is 0.691. The molecule has 0 spiro atoms. The summed E-state index contributed by atoms with van der Waals surface area (Å²) in [6.07, 6.45) is 4.77. The molecule has 0 aliphatic carbocycles. The lowest BCUT2D eigenvalue weighted by atomic mass is 9.99. The maximum atomic E-state index is 3.72. The quantitative estimate of drug-likeness (QED) is 0.800. The number of thioether (sulfide) groups is 1. The fourth-order valence-corrected chi connectivity index (χ4v) is 2.76. The summed E-state index contributed by atoms with van der Waals surface area (Å²) in [5.41, 5.74) is 0. The van der Waals surface area contributed by atoms with Gasteiger partial charge in [-0.1, -0.05) is 20.3 Å². The predicted octanol–water partition coefficient (Wildman–Crippen LogP) is 2.45. The number of nitrogens with zero attached hydrogens (tertiary/aromatic N) is 1. The van der Waals surface area contributed by atoms with E-state index in [0.717, 1.165) is 12.0 Å². The van der Waals surface area contributed by atoms with Gasteiger partial charge in [-0.15, -0.1) is 0 Å². The van der Waals surface area contributed by atoms with Crippen molar-refractivity contribution in [3.05, 3.63) is 0 Å². The van der Waals surface area contributed by atoms with Gasteiger partial charge >= 0.3 is 0 Å². The maximum Gasteiger partial charge on any atom is 0.0220 e. The molecular formula is C13H28N2S. The van der Waals surface area contributed by atoms with Gasteiger partial charge in [-0.3, -0.25) is 4.90 Å². The normalized spacial score (nSPS) is 30.0. The molecule has 1 N–H and O–H groups in total. The summed E-state index contributed by atoms with van der Waals surface area (Å²) in [5, 5.41) is 3.72. The van der Waals surface area contributed by atoms with Gasteiger partial charge in [-0.05, 0) is 32.1 Å². The highest BCUT2D eigenvalue weighted by molar-refractivity contribution is 7.98. The summed E-state index contributed by atoms with van der Waals surface area (Å²) in [6, 6.07) is 1.44. The molecule has 0 amide bonds. The van der Waals surface area contributed by atoms with Gasteiger partial charge in [0.2, 0.25) is 0 Å². The summed E-state index contributed by atoms with van der Waals surface area (Å²) >= 11 is 1.96. The Hall–Kier alpha value is 0.270. The van der Waals surface area contributed by atoms with Crippen LogP contribution in [0.25, 0.3) is 0 Å². The fraction of sp³-hybridized carbons (Fsp3) is 1.00. The molecule has 3 heteroatoms. The van der Waals surface area contributed by atoms with Crippen molar-refractivity contribution in [1.29, 1.82) is 0 Å². The lowest BCUT2D eigenvalue weighted by molar-refractivity contribution is 0.199. The van der Waals surface area contributed by atoms with Crippen LogP contribution < -0.4 is 5.32 Å². The highest BCUT2D eigenvalue weighted by Crippen LogP contribution is 2.16. The smallest absolute Gasteiger partial charge is 0.0220 e. The fourth-order valence-electron chi connectivity index (χ4n) is 2.34. The van der Waals surface area contributed by atoms with E-state index in [2.05, 4.69) is 37.2 Å². The van der Waals surface area contributed by atoms with Crippen molar-refractivity contribution in [3.63, 3.8) is 0 Å². The molecule has 1 aliphatic rings. The van der Waals surface area contributed by atoms with E-state index in [1.54, 1.807) is 0 Å². The molecule has 2 nitrogen and oxygen atoms in total. The van der Waals surface area contributed by atoms with Crippen molar-refractivity contribution in [2.75, 3.05) is 31.6 Å². The largest absolute Gasteiger partial charge is 0.312 e. The summed E-state index contributed by atoms with van der Waals surface area (Å²) in [4.78, 5) is 2.67. The molecular weight excluding hydrogens is 216 g/mol. The molecule has 0 saturated carbocycles. The number of rotatable bonds is 5.